The van der Waals surface area contributed by atoms with Crippen molar-refractivity contribution in [2.24, 2.45) is 0 Å². The number of benzene rings is 2. The molecule has 132 valence electrons. The van der Waals surface area contributed by atoms with Crippen molar-refractivity contribution < 1.29 is 9.53 Å². The average Bonchev–Trinajstić information content (AvgIpc) is 3.13. The Labute approximate surface area is 150 Å². The molecule has 1 aliphatic heterocycles. The summed E-state index contributed by atoms with van der Waals surface area (Å²) in [6.45, 7) is 2.25. The van der Waals surface area contributed by atoms with Gasteiger partial charge in [-0.15, -0.1) is 0 Å². The highest BCUT2D eigenvalue weighted by Gasteiger charge is 2.39. The van der Waals surface area contributed by atoms with Gasteiger partial charge in [-0.25, -0.2) is 0 Å². The number of hydrogen-bond donors (Lipinski definition) is 2. The van der Waals surface area contributed by atoms with E-state index in [4.69, 9.17) is 4.74 Å². The average molecular weight is 349 g/mol. The van der Waals surface area contributed by atoms with Gasteiger partial charge in [-0.05, 0) is 36.2 Å². The van der Waals surface area contributed by atoms with E-state index >= 15 is 0 Å². The van der Waals surface area contributed by atoms with Crippen molar-refractivity contribution in [2.75, 3.05) is 7.11 Å². The van der Waals surface area contributed by atoms with Gasteiger partial charge < -0.3 is 14.7 Å². The number of nitrogens with zero attached hydrogens (tertiary/aromatic N) is 1. The van der Waals surface area contributed by atoms with Crippen molar-refractivity contribution in [3.05, 3.63) is 86.8 Å². The molecule has 2 heterocycles. The van der Waals surface area contributed by atoms with Gasteiger partial charge in [0, 0.05) is 17.8 Å². The fourth-order valence-corrected chi connectivity index (χ4v) is 3.56. The summed E-state index contributed by atoms with van der Waals surface area (Å²) in [7, 11) is 1.62. The third kappa shape index (κ3) is 2.50. The molecule has 6 nitrogen and oxygen atoms in total. The lowest BCUT2D eigenvalue weighted by Crippen LogP contribution is -2.31. The topological polar surface area (TPSA) is 78.2 Å². The molecule has 0 bridgehead atoms. The van der Waals surface area contributed by atoms with E-state index in [0.29, 0.717) is 17.7 Å². The number of nitrogens with one attached hydrogen (secondary N) is 2. The highest BCUT2D eigenvalue weighted by molar-refractivity contribution is 5.99. The van der Waals surface area contributed by atoms with Crippen LogP contribution in [0.4, 0.5) is 0 Å². The van der Waals surface area contributed by atoms with E-state index in [-0.39, 0.29) is 11.5 Å². The van der Waals surface area contributed by atoms with E-state index < -0.39 is 6.04 Å². The van der Waals surface area contributed by atoms with Gasteiger partial charge in [-0.1, -0.05) is 30.3 Å². The van der Waals surface area contributed by atoms with Crippen LogP contribution < -0.4 is 10.3 Å². The Balaban J connectivity index is 1.79. The summed E-state index contributed by atoms with van der Waals surface area (Å²) in [6, 6.07) is 14.7. The van der Waals surface area contributed by atoms with Gasteiger partial charge in [0.2, 0.25) is 0 Å². The molecule has 6 heteroatoms. The zero-order valence-corrected chi connectivity index (χ0v) is 14.6. The number of fused-ring (bicyclic) bond motifs is 1. The van der Waals surface area contributed by atoms with Gasteiger partial charge in [0.15, 0.2) is 0 Å². The second-order valence-corrected chi connectivity index (χ2v) is 6.39. The Morgan fingerprint density at radius 1 is 1.04 bits per heavy atom. The summed E-state index contributed by atoms with van der Waals surface area (Å²) in [5.74, 6) is 0.695. The fraction of sp³-hybridized carbons (Fsp3) is 0.200. The predicted molar refractivity (Wildman–Crippen MR) is 97.3 cm³/mol. The SMILES string of the molecule is COc1ccc(CN2C(=O)c3ccccc3C2c2c(C)[nH][nH]c2=O)cc1. The number of methoxy groups -OCH3 is 1. The third-order valence-electron chi connectivity index (χ3n) is 4.86. The van der Waals surface area contributed by atoms with Gasteiger partial charge in [-0.2, -0.15) is 0 Å². The number of aromatic nitrogens is 2. The molecule has 2 aromatic carbocycles. The first-order valence-corrected chi connectivity index (χ1v) is 8.40. The largest absolute Gasteiger partial charge is 0.497 e. The van der Waals surface area contributed by atoms with E-state index in [2.05, 4.69) is 10.2 Å². The van der Waals surface area contributed by atoms with E-state index in [9.17, 15) is 9.59 Å². The highest BCUT2D eigenvalue weighted by Crippen LogP contribution is 2.39. The quantitative estimate of drug-likeness (QED) is 0.760. The van der Waals surface area contributed by atoms with E-state index in [1.807, 2.05) is 55.5 Å². The molecule has 1 atom stereocenters. The molecule has 26 heavy (non-hydrogen) atoms. The number of aryl methyl sites for hydroxylation is 1. The first-order valence-electron chi connectivity index (χ1n) is 8.40. The van der Waals surface area contributed by atoms with Crippen molar-refractivity contribution in [1.82, 2.24) is 15.1 Å². The molecule has 1 aliphatic rings. The normalized spacial score (nSPS) is 16.0. The van der Waals surface area contributed by atoms with Crippen molar-refractivity contribution in [2.45, 2.75) is 19.5 Å². The van der Waals surface area contributed by atoms with Crippen LogP contribution >= 0.6 is 0 Å². The van der Waals surface area contributed by atoms with Crippen LogP contribution in [-0.4, -0.2) is 28.1 Å². The number of ether oxygens (including phenoxy) is 1. The van der Waals surface area contributed by atoms with Crippen LogP contribution in [0.25, 0.3) is 0 Å². The van der Waals surface area contributed by atoms with Crippen LogP contribution in [0.2, 0.25) is 0 Å². The maximum Gasteiger partial charge on any atom is 0.269 e. The molecule has 1 aromatic heterocycles. The fourth-order valence-electron chi connectivity index (χ4n) is 3.56. The summed E-state index contributed by atoms with van der Waals surface area (Å²) >= 11 is 0. The minimum Gasteiger partial charge on any atom is -0.497 e. The first kappa shape index (κ1) is 16.2. The minimum absolute atomic E-state index is 0.0681. The Hall–Kier alpha value is -3.28. The monoisotopic (exact) mass is 349 g/mol. The zero-order valence-electron chi connectivity index (χ0n) is 14.6. The second-order valence-electron chi connectivity index (χ2n) is 6.39. The summed E-state index contributed by atoms with van der Waals surface area (Å²) in [6.07, 6.45) is 0. The van der Waals surface area contributed by atoms with Crippen LogP contribution in [0.1, 0.15) is 38.8 Å². The molecule has 4 rings (SSSR count). The van der Waals surface area contributed by atoms with Crippen molar-refractivity contribution in [3.63, 3.8) is 0 Å². The summed E-state index contributed by atoms with van der Waals surface area (Å²) in [4.78, 5) is 27.2. The molecule has 3 aromatic rings. The molecule has 1 unspecified atom stereocenters. The standard InChI is InChI=1S/C20H19N3O3/c1-12-17(19(24)22-21-12)18-15-5-3-4-6-16(15)20(25)23(18)11-13-7-9-14(26-2)10-8-13/h3-10,18H,11H2,1-2H3,(H2,21,22,24). The molecule has 0 spiro atoms. The second kappa shape index (κ2) is 6.22. The number of amides is 1. The van der Waals surface area contributed by atoms with Gasteiger partial charge >= 0.3 is 0 Å². The molecular weight excluding hydrogens is 330 g/mol. The van der Waals surface area contributed by atoms with E-state index in [1.165, 1.54) is 0 Å². The lowest BCUT2D eigenvalue weighted by atomic mass is 9.98. The lowest BCUT2D eigenvalue weighted by molar-refractivity contribution is 0.0735. The molecule has 1 amide bonds. The maximum atomic E-state index is 13.0. The summed E-state index contributed by atoms with van der Waals surface area (Å²) in [5.41, 5.74) is 3.60. The Morgan fingerprint density at radius 3 is 2.42 bits per heavy atom. The number of hydrogen-bond acceptors (Lipinski definition) is 3. The number of aromatic amines is 2. The first-order chi connectivity index (χ1) is 12.6. The zero-order chi connectivity index (χ0) is 18.3. The van der Waals surface area contributed by atoms with Crippen LogP contribution in [0.5, 0.6) is 5.75 Å². The van der Waals surface area contributed by atoms with Crippen molar-refractivity contribution >= 4 is 5.91 Å². The summed E-state index contributed by atoms with van der Waals surface area (Å²) < 4.78 is 5.19. The molecule has 0 saturated heterocycles. The molecule has 2 N–H and O–H groups in total. The lowest BCUT2D eigenvalue weighted by Gasteiger charge is -2.25. The molecule has 0 fully saturated rings. The number of carbonyl (C=O) groups is 1. The molecule has 0 aliphatic carbocycles. The van der Waals surface area contributed by atoms with E-state index in [0.717, 1.165) is 22.6 Å². The molecule has 0 saturated carbocycles. The molecule has 0 radical (unpaired) electrons. The molecular formula is C20H19N3O3. The number of H-pyrrole nitrogens is 2. The Bertz CT molecular complexity index is 1020. The van der Waals surface area contributed by atoms with Crippen LogP contribution in [-0.2, 0) is 6.54 Å². The predicted octanol–water partition coefficient (Wildman–Crippen LogP) is 2.77. The van der Waals surface area contributed by atoms with Gasteiger partial charge in [0.25, 0.3) is 11.5 Å². The number of rotatable bonds is 4. The maximum absolute atomic E-state index is 13.0. The Kier molecular flexibility index (Phi) is 3.88. The van der Waals surface area contributed by atoms with Crippen molar-refractivity contribution in [1.29, 1.82) is 0 Å². The number of carbonyl (C=O) groups excluding carboxylic acids is 1. The van der Waals surface area contributed by atoms with Crippen molar-refractivity contribution in [3.8, 4) is 5.75 Å². The van der Waals surface area contributed by atoms with Gasteiger partial charge in [0.05, 0.1) is 18.7 Å². The Morgan fingerprint density at radius 2 is 1.77 bits per heavy atom. The third-order valence-corrected chi connectivity index (χ3v) is 4.86. The highest BCUT2D eigenvalue weighted by atomic mass is 16.5. The van der Waals surface area contributed by atoms with Crippen LogP contribution in [0, 0.1) is 6.92 Å². The van der Waals surface area contributed by atoms with Crippen LogP contribution in [0.3, 0.4) is 0 Å². The minimum atomic E-state index is -0.407. The van der Waals surface area contributed by atoms with Gasteiger partial charge in [-0.3, -0.25) is 14.7 Å². The smallest absolute Gasteiger partial charge is 0.269 e. The van der Waals surface area contributed by atoms with E-state index in [1.54, 1.807) is 12.0 Å². The van der Waals surface area contributed by atoms with Gasteiger partial charge in [0.1, 0.15) is 5.75 Å². The summed E-state index contributed by atoms with van der Waals surface area (Å²) in [5, 5.41) is 5.49. The van der Waals surface area contributed by atoms with Crippen LogP contribution in [0.15, 0.2) is 53.3 Å².